The summed E-state index contributed by atoms with van der Waals surface area (Å²) in [6, 6.07) is 8.05. The first-order chi connectivity index (χ1) is 9.88. The van der Waals surface area contributed by atoms with Crippen LogP contribution in [-0.2, 0) is 4.74 Å². The van der Waals surface area contributed by atoms with Crippen LogP contribution >= 0.6 is 27.5 Å². The lowest BCUT2D eigenvalue weighted by molar-refractivity contribution is -0.0798. The number of hydrogen-bond acceptors (Lipinski definition) is 1. The molecule has 2 aliphatic rings. The largest absolute Gasteiger partial charge is 0.369 e. The predicted octanol–water partition coefficient (Wildman–Crippen LogP) is 6.01. The molecule has 0 saturated heterocycles. The molecule has 2 bridgehead atoms. The van der Waals surface area contributed by atoms with E-state index in [1.165, 1.54) is 24.8 Å². The Morgan fingerprint density at radius 1 is 1.38 bits per heavy atom. The fraction of sp³-hybridized carbons (Fsp3) is 0.667. The van der Waals surface area contributed by atoms with Crippen LogP contribution in [0.2, 0.25) is 5.02 Å². The molecule has 4 unspecified atom stereocenters. The topological polar surface area (TPSA) is 9.23 Å². The monoisotopic (exact) mass is 370 g/mol. The third kappa shape index (κ3) is 2.48. The van der Waals surface area contributed by atoms with Crippen molar-refractivity contribution in [1.29, 1.82) is 0 Å². The van der Waals surface area contributed by atoms with E-state index in [4.69, 9.17) is 16.3 Å². The highest BCUT2D eigenvalue weighted by Crippen LogP contribution is 2.66. The zero-order valence-electron chi connectivity index (χ0n) is 13.0. The van der Waals surface area contributed by atoms with Crippen LogP contribution in [0.15, 0.2) is 24.3 Å². The molecule has 2 aliphatic carbocycles. The molecule has 3 heteroatoms. The minimum atomic E-state index is 0.0840. The van der Waals surface area contributed by atoms with Gasteiger partial charge in [0.25, 0.3) is 0 Å². The second-order valence-electron chi connectivity index (χ2n) is 7.43. The number of fused-ring (bicyclic) bond motifs is 2. The summed E-state index contributed by atoms with van der Waals surface area (Å²) in [5, 5.41) is 1.59. The van der Waals surface area contributed by atoms with Crippen LogP contribution in [0.4, 0.5) is 0 Å². The average Bonchev–Trinajstić information content (AvgIpc) is 2.77. The van der Waals surface area contributed by atoms with E-state index in [1.807, 2.05) is 18.2 Å². The van der Waals surface area contributed by atoms with Gasteiger partial charge in [-0.25, -0.2) is 0 Å². The second-order valence-corrected chi connectivity index (χ2v) is 8.52. The number of halogens is 2. The van der Waals surface area contributed by atoms with Crippen molar-refractivity contribution in [2.45, 2.75) is 52.2 Å². The van der Waals surface area contributed by atoms with Gasteiger partial charge in [-0.05, 0) is 53.7 Å². The van der Waals surface area contributed by atoms with E-state index >= 15 is 0 Å². The molecule has 4 atom stereocenters. The van der Waals surface area contributed by atoms with Crippen LogP contribution in [0, 0.1) is 16.7 Å². The Bertz CT molecular complexity index is 530. The molecule has 0 amide bonds. The summed E-state index contributed by atoms with van der Waals surface area (Å²) in [7, 11) is 0. The summed E-state index contributed by atoms with van der Waals surface area (Å²) in [4.78, 5) is 0. The molecule has 116 valence electrons. The van der Waals surface area contributed by atoms with Crippen molar-refractivity contribution in [3.63, 3.8) is 0 Å². The first-order valence-electron chi connectivity index (χ1n) is 7.85. The third-order valence-corrected chi connectivity index (χ3v) is 7.23. The quantitative estimate of drug-likeness (QED) is 0.589. The molecule has 0 aromatic heterocycles. The maximum atomic E-state index is 6.57. The minimum Gasteiger partial charge on any atom is -0.369 e. The van der Waals surface area contributed by atoms with Crippen molar-refractivity contribution in [3.05, 3.63) is 34.9 Å². The van der Waals surface area contributed by atoms with Crippen LogP contribution < -0.4 is 0 Å². The van der Waals surface area contributed by atoms with Crippen LogP contribution in [-0.4, -0.2) is 11.4 Å². The van der Waals surface area contributed by atoms with Gasteiger partial charge in [0.05, 0.1) is 12.2 Å². The number of rotatable bonds is 4. The van der Waals surface area contributed by atoms with Gasteiger partial charge < -0.3 is 4.74 Å². The summed E-state index contributed by atoms with van der Waals surface area (Å²) in [5.74, 6) is 0.808. The Balaban J connectivity index is 1.80. The summed E-state index contributed by atoms with van der Waals surface area (Å²) < 4.78 is 6.57. The smallest absolute Gasteiger partial charge is 0.0926 e. The van der Waals surface area contributed by atoms with Crippen LogP contribution in [0.5, 0.6) is 0 Å². The van der Waals surface area contributed by atoms with Gasteiger partial charge >= 0.3 is 0 Å². The van der Waals surface area contributed by atoms with Crippen molar-refractivity contribution in [2.24, 2.45) is 16.7 Å². The second kappa shape index (κ2) is 5.54. The lowest BCUT2D eigenvalue weighted by Gasteiger charge is -2.40. The summed E-state index contributed by atoms with van der Waals surface area (Å²) >= 11 is 9.74. The molecule has 0 radical (unpaired) electrons. The van der Waals surface area contributed by atoms with E-state index in [0.717, 1.165) is 16.3 Å². The molecule has 0 aliphatic heterocycles. The third-order valence-electron chi connectivity index (χ3n) is 6.40. The van der Waals surface area contributed by atoms with Gasteiger partial charge in [-0.1, -0.05) is 60.4 Å². The first kappa shape index (κ1) is 15.8. The molecule has 1 aromatic rings. The zero-order chi connectivity index (χ0) is 15.3. The fourth-order valence-electron chi connectivity index (χ4n) is 4.45. The molecular formula is C18H24BrClO. The predicted molar refractivity (Wildman–Crippen MR) is 92.1 cm³/mol. The molecule has 0 N–H and O–H groups in total. The van der Waals surface area contributed by atoms with Gasteiger partial charge in [-0.3, -0.25) is 0 Å². The van der Waals surface area contributed by atoms with Crippen LogP contribution in [0.3, 0.4) is 0 Å². The van der Waals surface area contributed by atoms with Gasteiger partial charge in [0.15, 0.2) is 0 Å². The maximum Gasteiger partial charge on any atom is 0.0926 e. The molecular weight excluding hydrogens is 348 g/mol. The Hall–Kier alpha value is -0.0500. The molecule has 2 fully saturated rings. The average molecular weight is 372 g/mol. The lowest BCUT2D eigenvalue weighted by Crippen LogP contribution is -2.38. The number of ether oxygens (including phenoxy) is 1. The van der Waals surface area contributed by atoms with Gasteiger partial charge in [0.2, 0.25) is 0 Å². The van der Waals surface area contributed by atoms with Crippen molar-refractivity contribution >= 4 is 27.5 Å². The number of alkyl halides is 1. The van der Waals surface area contributed by atoms with Gasteiger partial charge in [-0.15, -0.1) is 0 Å². The van der Waals surface area contributed by atoms with E-state index in [1.54, 1.807) is 0 Å². The Labute approximate surface area is 141 Å². The first-order valence-corrected chi connectivity index (χ1v) is 9.35. The molecule has 0 spiro atoms. The highest BCUT2D eigenvalue weighted by molar-refractivity contribution is 9.09. The normalized spacial score (nSPS) is 35.1. The van der Waals surface area contributed by atoms with Gasteiger partial charge in [0, 0.05) is 10.4 Å². The summed E-state index contributed by atoms with van der Waals surface area (Å²) in [6.45, 7) is 7.28. The van der Waals surface area contributed by atoms with Gasteiger partial charge in [-0.2, -0.15) is 0 Å². The Kier molecular flexibility index (Phi) is 4.18. The summed E-state index contributed by atoms with van der Waals surface area (Å²) in [5.41, 5.74) is 1.86. The van der Waals surface area contributed by atoms with E-state index in [-0.39, 0.29) is 6.10 Å². The molecule has 1 nitrogen and oxygen atoms in total. The zero-order valence-corrected chi connectivity index (χ0v) is 15.4. The Morgan fingerprint density at radius 2 is 2.14 bits per heavy atom. The van der Waals surface area contributed by atoms with Gasteiger partial charge in [0.1, 0.15) is 0 Å². The molecule has 0 heterocycles. The van der Waals surface area contributed by atoms with E-state index < -0.39 is 0 Å². The van der Waals surface area contributed by atoms with Crippen molar-refractivity contribution in [2.75, 3.05) is 5.33 Å². The van der Waals surface area contributed by atoms with Crippen molar-refractivity contribution in [3.8, 4) is 0 Å². The SMILES string of the molecule is CC1(C)C2CCC1(C)C(OC(CBr)c1cccc(Cl)c1)C2. The maximum absolute atomic E-state index is 6.57. The lowest BCUT2D eigenvalue weighted by atomic mass is 9.70. The minimum absolute atomic E-state index is 0.0840. The van der Waals surface area contributed by atoms with Crippen molar-refractivity contribution in [1.82, 2.24) is 0 Å². The standard InChI is InChI=1S/C18H24BrClO/c1-17(2)13-7-8-18(17,3)16(10-13)21-15(11-19)12-5-4-6-14(20)9-12/h4-6,9,13,15-16H,7-8,10-11H2,1-3H3. The molecule has 21 heavy (non-hydrogen) atoms. The summed E-state index contributed by atoms with van der Waals surface area (Å²) in [6.07, 6.45) is 4.29. The Morgan fingerprint density at radius 3 is 2.67 bits per heavy atom. The van der Waals surface area contributed by atoms with Crippen LogP contribution in [0.25, 0.3) is 0 Å². The van der Waals surface area contributed by atoms with E-state index in [2.05, 4.69) is 42.8 Å². The van der Waals surface area contributed by atoms with E-state index in [0.29, 0.717) is 16.9 Å². The number of benzene rings is 1. The van der Waals surface area contributed by atoms with Crippen LogP contribution in [0.1, 0.15) is 51.7 Å². The molecule has 1 aromatic carbocycles. The van der Waals surface area contributed by atoms with Crippen molar-refractivity contribution < 1.29 is 4.74 Å². The number of hydrogen-bond donors (Lipinski definition) is 0. The molecule has 2 saturated carbocycles. The fourth-order valence-corrected chi connectivity index (χ4v) is 5.17. The van der Waals surface area contributed by atoms with E-state index in [9.17, 15) is 0 Å². The highest BCUT2D eigenvalue weighted by Gasteiger charge is 2.62. The highest BCUT2D eigenvalue weighted by atomic mass is 79.9. The molecule has 3 rings (SSSR count).